The fraction of sp³-hybridized carbons (Fsp3) is 0.136. The monoisotopic (exact) mass is 401 g/mol. The molecule has 150 valence electrons. The van der Waals surface area contributed by atoms with Crippen LogP contribution < -0.4 is 5.32 Å². The quantitative estimate of drug-likeness (QED) is 0.498. The average molecular weight is 401 g/mol. The molecule has 0 radical (unpaired) electrons. The predicted octanol–water partition coefficient (Wildman–Crippen LogP) is 2.44. The third-order valence-corrected chi connectivity index (χ3v) is 4.63. The normalized spacial score (nSPS) is 10.7. The second-order valence-corrected chi connectivity index (χ2v) is 6.57. The van der Waals surface area contributed by atoms with Crippen LogP contribution in [0.15, 0.2) is 67.1 Å². The lowest BCUT2D eigenvalue weighted by molar-refractivity contribution is -0.139. The van der Waals surface area contributed by atoms with Crippen molar-refractivity contribution in [3.63, 3.8) is 0 Å². The van der Waals surface area contributed by atoms with E-state index < -0.39 is 11.9 Å². The number of aromatic nitrogens is 4. The Bertz CT molecular complexity index is 1190. The number of esters is 1. The van der Waals surface area contributed by atoms with Crippen molar-refractivity contribution in [2.24, 2.45) is 0 Å². The predicted molar refractivity (Wildman–Crippen MR) is 111 cm³/mol. The maximum absolute atomic E-state index is 12.8. The SMILES string of the molecule is COC(=O)CNC(=O)c1cc(-c2ccccc2)nc2c1cnn2Cc1ccncc1. The first-order chi connectivity index (χ1) is 14.7. The molecular weight excluding hydrogens is 382 g/mol. The van der Waals surface area contributed by atoms with Crippen LogP contribution in [0.25, 0.3) is 22.3 Å². The number of methoxy groups -OCH3 is 1. The molecule has 0 saturated carbocycles. The Morgan fingerprint density at radius 1 is 1.10 bits per heavy atom. The maximum atomic E-state index is 12.8. The Balaban J connectivity index is 1.79. The van der Waals surface area contributed by atoms with Gasteiger partial charge in [-0.3, -0.25) is 14.6 Å². The summed E-state index contributed by atoms with van der Waals surface area (Å²) in [5, 5.41) is 7.64. The van der Waals surface area contributed by atoms with Crippen molar-refractivity contribution < 1.29 is 14.3 Å². The number of hydrogen-bond donors (Lipinski definition) is 1. The van der Waals surface area contributed by atoms with Gasteiger partial charge in [0.15, 0.2) is 5.65 Å². The molecule has 1 amide bonds. The Morgan fingerprint density at radius 3 is 2.60 bits per heavy atom. The van der Waals surface area contributed by atoms with E-state index in [0.29, 0.717) is 28.8 Å². The van der Waals surface area contributed by atoms with E-state index in [-0.39, 0.29) is 6.54 Å². The number of pyridine rings is 2. The van der Waals surface area contributed by atoms with Crippen molar-refractivity contribution in [1.82, 2.24) is 25.1 Å². The van der Waals surface area contributed by atoms with Gasteiger partial charge in [0.25, 0.3) is 5.91 Å². The van der Waals surface area contributed by atoms with Crippen molar-refractivity contribution in [3.8, 4) is 11.3 Å². The van der Waals surface area contributed by atoms with E-state index in [1.165, 1.54) is 7.11 Å². The minimum Gasteiger partial charge on any atom is -0.468 e. The minimum absolute atomic E-state index is 0.217. The number of carbonyl (C=O) groups excluding carboxylic acids is 2. The Morgan fingerprint density at radius 2 is 1.87 bits per heavy atom. The summed E-state index contributed by atoms with van der Waals surface area (Å²) in [6, 6.07) is 15.1. The van der Waals surface area contributed by atoms with Gasteiger partial charge in [-0.15, -0.1) is 0 Å². The molecule has 0 aliphatic rings. The molecule has 0 bridgehead atoms. The van der Waals surface area contributed by atoms with Crippen molar-refractivity contribution in [2.75, 3.05) is 13.7 Å². The molecule has 8 nitrogen and oxygen atoms in total. The van der Waals surface area contributed by atoms with E-state index in [1.807, 2.05) is 42.5 Å². The summed E-state index contributed by atoms with van der Waals surface area (Å²) in [5.41, 5.74) is 3.50. The van der Waals surface area contributed by atoms with Crippen LogP contribution in [-0.4, -0.2) is 45.3 Å². The number of fused-ring (bicyclic) bond motifs is 1. The molecule has 0 atom stereocenters. The zero-order valence-corrected chi connectivity index (χ0v) is 16.3. The lowest BCUT2D eigenvalue weighted by atomic mass is 10.1. The molecule has 1 N–H and O–H groups in total. The summed E-state index contributed by atoms with van der Waals surface area (Å²) >= 11 is 0. The topological polar surface area (TPSA) is 99.0 Å². The van der Waals surface area contributed by atoms with E-state index in [2.05, 4.69) is 20.1 Å². The Hall–Kier alpha value is -4.07. The number of nitrogens with one attached hydrogen (secondary N) is 1. The molecule has 0 fully saturated rings. The molecule has 0 unspecified atom stereocenters. The molecule has 8 heteroatoms. The van der Waals surface area contributed by atoms with Crippen LogP contribution >= 0.6 is 0 Å². The van der Waals surface area contributed by atoms with Crippen LogP contribution in [0.4, 0.5) is 0 Å². The summed E-state index contributed by atoms with van der Waals surface area (Å²) < 4.78 is 6.34. The second-order valence-electron chi connectivity index (χ2n) is 6.57. The summed E-state index contributed by atoms with van der Waals surface area (Å²) in [6.07, 6.45) is 5.05. The number of amides is 1. The van der Waals surface area contributed by atoms with Crippen LogP contribution in [0.5, 0.6) is 0 Å². The third-order valence-electron chi connectivity index (χ3n) is 4.63. The van der Waals surface area contributed by atoms with Gasteiger partial charge in [0.1, 0.15) is 6.54 Å². The molecule has 0 spiro atoms. The lowest BCUT2D eigenvalue weighted by Crippen LogP contribution is -2.30. The highest BCUT2D eigenvalue weighted by molar-refractivity contribution is 6.07. The van der Waals surface area contributed by atoms with Crippen LogP contribution in [0.2, 0.25) is 0 Å². The highest BCUT2D eigenvalue weighted by Gasteiger charge is 2.18. The van der Waals surface area contributed by atoms with E-state index in [0.717, 1.165) is 11.1 Å². The number of rotatable bonds is 6. The number of hydrogen-bond acceptors (Lipinski definition) is 6. The van der Waals surface area contributed by atoms with Gasteiger partial charge >= 0.3 is 5.97 Å². The van der Waals surface area contributed by atoms with Crippen LogP contribution in [0.1, 0.15) is 15.9 Å². The Kier molecular flexibility index (Phi) is 5.47. The standard InChI is InChI=1S/C22H19N5O3/c1-30-20(28)13-24-22(29)17-11-19(16-5-3-2-4-6-16)26-21-18(17)12-25-27(21)14-15-7-9-23-10-8-15/h2-12H,13-14H2,1H3,(H,24,29). The number of benzene rings is 1. The second kappa shape index (κ2) is 8.52. The zero-order chi connectivity index (χ0) is 20.9. The Labute approximate surface area is 172 Å². The van der Waals surface area contributed by atoms with E-state index in [1.54, 1.807) is 29.3 Å². The van der Waals surface area contributed by atoms with Crippen LogP contribution in [0.3, 0.4) is 0 Å². The minimum atomic E-state index is -0.523. The van der Waals surface area contributed by atoms with Crippen molar-refractivity contribution in [2.45, 2.75) is 6.54 Å². The van der Waals surface area contributed by atoms with Gasteiger partial charge in [-0.1, -0.05) is 30.3 Å². The lowest BCUT2D eigenvalue weighted by Gasteiger charge is -2.09. The summed E-state index contributed by atoms with van der Waals surface area (Å²) in [5.74, 6) is -0.918. The van der Waals surface area contributed by atoms with Crippen molar-refractivity contribution >= 4 is 22.9 Å². The van der Waals surface area contributed by atoms with E-state index in [9.17, 15) is 9.59 Å². The highest BCUT2D eigenvalue weighted by Crippen LogP contribution is 2.25. The number of nitrogens with zero attached hydrogens (tertiary/aromatic N) is 4. The third kappa shape index (κ3) is 4.02. The van der Waals surface area contributed by atoms with Gasteiger partial charge in [-0.25, -0.2) is 9.67 Å². The fourth-order valence-corrected chi connectivity index (χ4v) is 3.09. The average Bonchev–Trinajstić information content (AvgIpc) is 3.20. The smallest absolute Gasteiger partial charge is 0.325 e. The number of carbonyl (C=O) groups is 2. The van der Waals surface area contributed by atoms with Crippen molar-refractivity contribution in [3.05, 3.63) is 78.2 Å². The van der Waals surface area contributed by atoms with E-state index >= 15 is 0 Å². The molecule has 3 aromatic heterocycles. The van der Waals surface area contributed by atoms with Gasteiger partial charge in [-0.2, -0.15) is 5.10 Å². The largest absolute Gasteiger partial charge is 0.468 e. The van der Waals surface area contributed by atoms with Gasteiger partial charge in [0, 0.05) is 18.0 Å². The first kappa shape index (κ1) is 19.3. The summed E-state index contributed by atoms with van der Waals surface area (Å²) in [7, 11) is 1.27. The zero-order valence-electron chi connectivity index (χ0n) is 16.3. The fourth-order valence-electron chi connectivity index (χ4n) is 3.09. The van der Waals surface area contributed by atoms with Crippen molar-refractivity contribution in [1.29, 1.82) is 0 Å². The molecule has 3 heterocycles. The molecule has 1 aromatic carbocycles. The molecule has 30 heavy (non-hydrogen) atoms. The first-order valence-corrected chi connectivity index (χ1v) is 9.31. The number of ether oxygens (including phenoxy) is 1. The summed E-state index contributed by atoms with van der Waals surface area (Å²) in [4.78, 5) is 33.1. The maximum Gasteiger partial charge on any atom is 0.325 e. The molecular formula is C22H19N5O3. The van der Waals surface area contributed by atoms with Gasteiger partial charge < -0.3 is 10.1 Å². The highest BCUT2D eigenvalue weighted by atomic mass is 16.5. The molecule has 4 aromatic rings. The first-order valence-electron chi connectivity index (χ1n) is 9.31. The molecule has 4 rings (SSSR count). The molecule has 0 saturated heterocycles. The summed E-state index contributed by atoms with van der Waals surface area (Å²) in [6.45, 7) is 0.269. The van der Waals surface area contributed by atoms with Crippen LogP contribution in [0, 0.1) is 0 Å². The van der Waals surface area contributed by atoms with E-state index in [4.69, 9.17) is 4.98 Å². The van der Waals surface area contributed by atoms with Gasteiger partial charge in [-0.05, 0) is 23.8 Å². The molecule has 0 aliphatic carbocycles. The molecule has 0 aliphatic heterocycles. The van der Waals surface area contributed by atoms with Gasteiger partial charge in [0.2, 0.25) is 0 Å². The van der Waals surface area contributed by atoms with Gasteiger partial charge in [0.05, 0.1) is 36.5 Å². The van der Waals surface area contributed by atoms with Crippen LogP contribution in [-0.2, 0) is 16.1 Å².